The van der Waals surface area contributed by atoms with Crippen LogP contribution in [0.25, 0.3) is 6.08 Å². The van der Waals surface area contributed by atoms with Crippen molar-refractivity contribution in [3.63, 3.8) is 0 Å². The van der Waals surface area contributed by atoms with E-state index in [-0.39, 0.29) is 6.04 Å². The van der Waals surface area contributed by atoms with E-state index in [9.17, 15) is 8.42 Å². The molecule has 0 aliphatic carbocycles. The Labute approximate surface area is 143 Å². The van der Waals surface area contributed by atoms with Crippen molar-refractivity contribution in [1.29, 1.82) is 0 Å². The highest BCUT2D eigenvalue weighted by atomic mass is 32.2. The lowest BCUT2D eigenvalue weighted by molar-refractivity contribution is 0.216. The van der Waals surface area contributed by atoms with Crippen LogP contribution in [0.1, 0.15) is 30.2 Å². The predicted molar refractivity (Wildman–Crippen MR) is 94.7 cm³/mol. The van der Waals surface area contributed by atoms with Gasteiger partial charge in [-0.15, -0.1) is 0 Å². The average molecular weight is 346 g/mol. The molecule has 6 heteroatoms. The maximum Gasteiger partial charge on any atom is 0.233 e. The molecule has 0 amide bonds. The zero-order valence-corrected chi connectivity index (χ0v) is 14.3. The van der Waals surface area contributed by atoms with Crippen molar-refractivity contribution >= 4 is 16.1 Å². The van der Waals surface area contributed by atoms with E-state index in [0.29, 0.717) is 6.54 Å². The van der Waals surface area contributed by atoms with Crippen LogP contribution in [-0.2, 0) is 10.0 Å². The third-order valence-corrected chi connectivity index (χ3v) is 5.23. The number of hydrogen-bond acceptors (Lipinski definition) is 4. The number of sulfonamides is 1. The summed E-state index contributed by atoms with van der Waals surface area (Å²) in [5, 5.41) is 1.21. The Morgan fingerprint density at radius 1 is 1.12 bits per heavy atom. The first-order valence-corrected chi connectivity index (χ1v) is 9.69. The first kappa shape index (κ1) is 17.0. The second-order valence-electron chi connectivity index (χ2n) is 5.88. The summed E-state index contributed by atoms with van der Waals surface area (Å²) in [6, 6.07) is 13.0. The van der Waals surface area contributed by atoms with Gasteiger partial charge < -0.3 is 4.42 Å². The number of nitrogens with zero attached hydrogens (tertiary/aromatic N) is 1. The molecular weight excluding hydrogens is 324 g/mol. The highest BCUT2D eigenvalue weighted by Gasteiger charge is 2.26. The molecule has 1 atom stereocenters. The van der Waals surface area contributed by atoms with Crippen molar-refractivity contribution in [1.82, 2.24) is 9.62 Å². The maximum atomic E-state index is 12.2. The van der Waals surface area contributed by atoms with Gasteiger partial charge in [-0.3, -0.25) is 4.90 Å². The monoisotopic (exact) mass is 346 g/mol. The standard InChI is InChI=1S/C18H22N2O3S/c21-24(22,14-10-16-7-2-1-3-8-16)19-15-17(18-9-6-13-23-18)20-11-4-5-12-20/h1-3,6-10,13-14,17,19H,4-5,11-12,15H2/b14-10+. The van der Waals surface area contributed by atoms with E-state index in [0.717, 1.165) is 37.3 Å². The molecule has 0 spiro atoms. The lowest BCUT2D eigenvalue weighted by atomic mass is 10.2. The Balaban J connectivity index is 1.66. The van der Waals surface area contributed by atoms with Gasteiger partial charge in [0.25, 0.3) is 0 Å². The molecule has 1 aromatic carbocycles. The Bertz CT molecular complexity index is 749. The zero-order chi connectivity index (χ0) is 16.8. The molecule has 1 N–H and O–H groups in total. The molecular formula is C18H22N2O3S. The van der Waals surface area contributed by atoms with Crippen LogP contribution < -0.4 is 4.72 Å². The lowest BCUT2D eigenvalue weighted by Gasteiger charge is -2.25. The summed E-state index contributed by atoms with van der Waals surface area (Å²) in [7, 11) is -3.49. The molecule has 5 nitrogen and oxygen atoms in total. The van der Waals surface area contributed by atoms with E-state index in [4.69, 9.17) is 4.42 Å². The van der Waals surface area contributed by atoms with Gasteiger partial charge in [-0.1, -0.05) is 30.3 Å². The molecule has 1 aliphatic heterocycles. The van der Waals surface area contributed by atoms with Crippen LogP contribution in [0.15, 0.2) is 58.6 Å². The summed E-state index contributed by atoms with van der Waals surface area (Å²) in [5.41, 5.74) is 0.852. The largest absolute Gasteiger partial charge is 0.468 e. The summed E-state index contributed by atoms with van der Waals surface area (Å²) in [5.74, 6) is 0.798. The fourth-order valence-electron chi connectivity index (χ4n) is 2.92. The van der Waals surface area contributed by atoms with Gasteiger partial charge in [0.15, 0.2) is 0 Å². The van der Waals surface area contributed by atoms with E-state index in [1.165, 1.54) is 5.41 Å². The number of furan rings is 1. The summed E-state index contributed by atoms with van der Waals surface area (Å²) >= 11 is 0. The average Bonchev–Trinajstić information content (AvgIpc) is 3.28. The van der Waals surface area contributed by atoms with Gasteiger partial charge in [-0.2, -0.15) is 0 Å². The zero-order valence-electron chi connectivity index (χ0n) is 13.5. The van der Waals surface area contributed by atoms with Crippen molar-refractivity contribution in [2.75, 3.05) is 19.6 Å². The normalized spacial score (nSPS) is 17.5. The third-order valence-electron chi connectivity index (χ3n) is 4.17. The molecule has 2 heterocycles. The molecule has 2 aromatic rings. The molecule has 128 valence electrons. The SMILES string of the molecule is O=S(=O)(/C=C/c1ccccc1)NCC(c1ccco1)N1CCCC1. The molecule has 0 radical (unpaired) electrons. The van der Waals surface area contributed by atoms with Gasteiger partial charge >= 0.3 is 0 Å². The molecule has 3 rings (SSSR count). The first-order chi connectivity index (χ1) is 11.6. The number of likely N-dealkylation sites (tertiary alicyclic amines) is 1. The summed E-state index contributed by atoms with van der Waals surface area (Å²) < 4.78 is 32.7. The van der Waals surface area contributed by atoms with Gasteiger partial charge in [0, 0.05) is 12.0 Å². The van der Waals surface area contributed by atoms with Crippen LogP contribution in [0.2, 0.25) is 0 Å². The summed E-state index contributed by atoms with van der Waals surface area (Å²) in [6.45, 7) is 2.23. The number of rotatable bonds is 7. The second kappa shape index (κ2) is 7.79. The fourth-order valence-corrected chi connectivity index (χ4v) is 3.74. The lowest BCUT2D eigenvalue weighted by Crippen LogP contribution is -2.35. The highest BCUT2D eigenvalue weighted by molar-refractivity contribution is 7.92. The molecule has 0 saturated carbocycles. The van der Waals surface area contributed by atoms with Crippen molar-refractivity contribution in [2.24, 2.45) is 0 Å². The van der Waals surface area contributed by atoms with Crippen LogP contribution in [0.5, 0.6) is 0 Å². The fraction of sp³-hybridized carbons (Fsp3) is 0.333. The minimum atomic E-state index is -3.49. The molecule has 1 aliphatic rings. The Morgan fingerprint density at radius 3 is 2.54 bits per heavy atom. The highest BCUT2D eigenvalue weighted by Crippen LogP contribution is 2.25. The molecule has 1 aromatic heterocycles. The van der Waals surface area contributed by atoms with Gasteiger partial charge in [0.1, 0.15) is 5.76 Å². The maximum absolute atomic E-state index is 12.2. The minimum absolute atomic E-state index is 0.0672. The van der Waals surface area contributed by atoms with Crippen LogP contribution in [-0.4, -0.2) is 33.0 Å². The summed E-state index contributed by atoms with van der Waals surface area (Å²) in [6.07, 6.45) is 5.50. The summed E-state index contributed by atoms with van der Waals surface area (Å²) in [4.78, 5) is 2.27. The van der Waals surface area contributed by atoms with Gasteiger partial charge in [0.05, 0.1) is 12.3 Å². The van der Waals surface area contributed by atoms with E-state index in [2.05, 4.69) is 9.62 Å². The quantitative estimate of drug-likeness (QED) is 0.837. The molecule has 24 heavy (non-hydrogen) atoms. The van der Waals surface area contributed by atoms with Crippen LogP contribution in [0, 0.1) is 0 Å². The molecule has 1 saturated heterocycles. The van der Waals surface area contributed by atoms with E-state index in [1.54, 1.807) is 12.3 Å². The topological polar surface area (TPSA) is 62.6 Å². The van der Waals surface area contributed by atoms with E-state index < -0.39 is 10.0 Å². The van der Waals surface area contributed by atoms with Crippen molar-refractivity contribution in [3.8, 4) is 0 Å². The molecule has 1 unspecified atom stereocenters. The number of hydrogen-bond donors (Lipinski definition) is 1. The molecule has 0 bridgehead atoms. The third kappa shape index (κ3) is 4.56. The van der Waals surface area contributed by atoms with Crippen molar-refractivity contribution in [2.45, 2.75) is 18.9 Å². The van der Waals surface area contributed by atoms with Gasteiger partial charge in [0.2, 0.25) is 10.0 Å². The Morgan fingerprint density at radius 2 is 1.88 bits per heavy atom. The smallest absolute Gasteiger partial charge is 0.233 e. The number of benzene rings is 1. The number of nitrogens with one attached hydrogen (secondary N) is 1. The van der Waals surface area contributed by atoms with Crippen molar-refractivity contribution < 1.29 is 12.8 Å². The van der Waals surface area contributed by atoms with E-state index in [1.807, 2.05) is 42.5 Å². The van der Waals surface area contributed by atoms with Crippen LogP contribution >= 0.6 is 0 Å². The first-order valence-electron chi connectivity index (χ1n) is 8.14. The van der Waals surface area contributed by atoms with Gasteiger partial charge in [-0.05, 0) is 49.7 Å². The second-order valence-corrected chi connectivity index (χ2v) is 7.53. The van der Waals surface area contributed by atoms with E-state index >= 15 is 0 Å². The predicted octanol–water partition coefficient (Wildman–Crippen LogP) is 3.01. The Kier molecular flexibility index (Phi) is 5.50. The minimum Gasteiger partial charge on any atom is -0.468 e. The van der Waals surface area contributed by atoms with Crippen molar-refractivity contribution in [3.05, 3.63) is 65.5 Å². The van der Waals surface area contributed by atoms with Crippen LogP contribution in [0.4, 0.5) is 0 Å². The van der Waals surface area contributed by atoms with Crippen LogP contribution in [0.3, 0.4) is 0 Å². The molecule has 1 fully saturated rings. The van der Waals surface area contributed by atoms with Gasteiger partial charge in [-0.25, -0.2) is 13.1 Å². The Hall–Kier alpha value is -1.89.